The Morgan fingerprint density at radius 2 is 1.17 bits per heavy atom. The van der Waals surface area contributed by atoms with Gasteiger partial charge >= 0.3 is 17.9 Å². The monoisotopic (exact) mass is 425 g/mol. The largest absolute Gasteiger partial charge is 0.481 e. The molecular weight excluding hydrogens is 394 g/mol. The minimum Gasteiger partial charge on any atom is -0.481 e. The molecule has 0 aliphatic heterocycles. The highest BCUT2D eigenvalue weighted by Crippen LogP contribution is 2.18. The van der Waals surface area contributed by atoms with Crippen LogP contribution >= 0.6 is 0 Å². The molecule has 0 bridgehead atoms. The highest BCUT2D eigenvalue weighted by atomic mass is 16.5. The van der Waals surface area contributed by atoms with Crippen molar-refractivity contribution in [2.24, 2.45) is 0 Å². The normalized spacial score (nSPS) is 12.8. The van der Waals surface area contributed by atoms with Crippen LogP contribution in [0, 0.1) is 0 Å². The summed E-state index contributed by atoms with van der Waals surface area (Å²) >= 11 is 0. The lowest BCUT2D eigenvalue weighted by atomic mass is 10.00. The SMILES string of the molecule is CN(CC(O)CO)C(COCCC(=O)O)(COCCC(=O)O)COCCC(=O)O. The van der Waals surface area contributed by atoms with Gasteiger partial charge in [-0.2, -0.15) is 0 Å². The summed E-state index contributed by atoms with van der Waals surface area (Å²) in [7, 11) is 1.60. The standard InChI is InChI=1S/C17H31NO11/c1-18(8-13(20)9-19)17(10-27-5-2-14(21)22,11-28-6-3-15(23)24)12-29-7-4-16(25)26/h13,19-20H,2-12H2,1H3,(H,21,22)(H,23,24)(H,25,26). The third kappa shape index (κ3) is 13.1. The van der Waals surface area contributed by atoms with Gasteiger partial charge in [0.25, 0.3) is 0 Å². The Bertz CT molecular complexity index is 445. The molecule has 1 atom stereocenters. The third-order valence-electron chi connectivity index (χ3n) is 4.00. The molecule has 0 saturated heterocycles. The minimum absolute atomic E-state index is 0.0105. The average molecular weight is 425 g/mol. The number of likely N-dealkylation sites (N-methyl/N-ethyl adjacent to an activating group) is 1. The molecule has 0 amide bonds. The Labute approximate surface area is 168 Å². The molecule has 12 nitrogen and oxygen atoms in total. The first-order valence-corrected chi connectivity index (χ1v) is 9.01. The van der Waals surface area contributed by atoms with Gasteiger partial charge in [0.1, 0.15) is 0 Å². The maximum Gasteiger partial charge on any atom is 0.305 e. The van der Waals surface area contributed by atoms with Gasteiger partial charge in [-0.25, -0.2) is 0 Å². The van der Waals surface area contributed by atoms with Crippen molar-refractivity contribution in [1.29, 1.82) is 0 Å². The van der Waals surface area contributed by atoms with Crippen molar-refractivity contribution in [3.63, 3.8) is 0 Å². The number of ether oxygens (including phenoxy) is 3. The summed E-state index contributed by atoms with van der Waals surface area (Å²) < 4.78 is 16.3. The van der Waals surface area contributed by atoms with Crippen LogP contribution in [0.3, 0.4) is 0 Å². The average Bonchev–Trinajstić information content (AvgIpc) is 2.64. The lowest BCUT2D eigenvalue weighted by Crippen LogP contribution is -2.59. The number of hydrogen-bond acceptors (Lipinski definition) is 9. The topological polar surface area (TPSA) is 183 Å². The van der Waals surface area contributed by atoms with E-state index in [-0.39, 0.29) is 65.4 Å². The van der Waals surface area contributed by atoms with E-state index in [2.05, 4.69) is 0 Å². The van der Waals surface area contributed by atoms with E-state index in [1.165, 1.54) is 0 Å². The van der Waals surface area contributed by atoms with E-state index >= 15 is 0 Å². The lowest BCUT2D eigenvalue weighted by molar-refractivity contribution is -0.140. The van der Waals surface area contributed by atoms with Crippen molar-refractivity contribution in [1.82, 2.24) is 4.90 Å². The Morgan fingerprint density at radius 3 is 1.45 bits per heavy atom. The Balaban J connectivity index is 5.22. The molecule has 0 aromatic rings. The van der Waals surface area contributed by atoms with Crippen LogP contribution in [0.4, 0.5) is 0 Å². The molecule has 0 radical (unpaired) electrons. The number of carboxylic acid groups (broad SMARTS) is 3. The molecular formula is C17H31NO11. The quantitative estimate of drug-likeness (QED) is 0.151. The third-order valence-corrected chi connectivity index (χ3v) is 4.00. The molecule has 0 aliphatic rings. The van der Waals surface area contributed by atoms with Crippen molar-refractivity contribution in [2.45, 2.75) is 30.9 Å². The first kappa shape index (κ1) is 27.2. The van der Waals surface area contributed by atoms with E-state index in [9.17, 15) is 19.5 Å². The molecule has 0 rings (SSSR count). The fraction of sp³-hybridized carbons (Fsp3) is 0.824. The van der Waals surface area contributed by atoms with Crippen LogP contribution in [0.1, 0.15) is 19.3 Å². The van der Waals surface area contributed by atoms with E-state index in [0.717, 1.165) is 0 Å². The predicted molar refractivity (Wildman–Crippen MR) is 97.7 cm³/mol. The smallest absolute Gasteiger partial charge is 0.305 e. The zero-order valence-electron chi connectivity index (χ0n) is 16.5. The number of rotatable bonds is 19. The molecule has 0 aromatic heterocycles. The van der Waals surface area contributed by atoms with Crippen LogP contribution in [0.5, 0.6) is 0 Å². The van der Waals surface area contributed by atoms with Gasteiger partial charge in [-0.3, -0.25) is 19.3 Å². The summed E-state index contributed by atoms with van der Waals surface area (Å²) in [5.41, 5.74) is -1.08. The van der Waals surface area contributed by atoms with Crippen LogP contribution in [0.15, 0.2) is 0 Å². The van der Waals surface area contributed by atoms with Crippen molar-refractivity contribution in [3.05, 3.63) is 0 Å². The Kier molecular flexibility index (Phi) is 14.1. The fourth-order valence-corrected chi connectivity index (χ4v) is 2.29. The van der Waals surface area contributed by atoms with Gasteiger partial charge in [0.2, 0.25) is 0 Å². The Morgan fingerprint density at radius 1 is 0.828 bits per heavy atom. The van der Waals surface area contributed by atoms with E-state index in [1.807, 2.05) is 0 Å². The predicted octanol–water partition coefficient (Wildman–Crippen LogP) is -1.52. The number of carbonyl (C=O) groups is 3. The van der Waals surface area contributed by atoms with E-state index in [0.29, 0.717) is 0 Å². The van der Waals surface area contributed by atoms with Gasteiger partial charge < -0.3 is 39.7 Å². The summed E-state index contributed by atoms with van der Waals surface area (Å²) in [6.07, 6.45) is -1.80. The summed E-state index contributed by atoms with van der Waals surface area (Å²) in [5, 5.41) is 45.1. The second-order valence-corrected chi connectivity index (χ2v) is 6.53. The fourth-order valence-electron chi connectivity index (χ4n) is 2.29. The summed E-state index contributed by atoms with van der Waals surface area (Å²) in [6.45, 7) is -1.07. The molecule has 5 N–H and O–H groups in total. The highest BCUT2D eigenvalue weighted by Gasteiger charge is 2.37. The van der Waals surface area contributed by atoms with Crippen molar-refractivity contribution < 1.29 is 54.1 Å². The van der Waals surface area contributed by atoms with Crippen LogP contribution in [-0.4, -0.2) is 120 Å². The first-order valence-electron chi connectivity index (χ1n) is 9.01. The molecule has 0 saturated carbocycles. The lowest BCUT2D eigenvalue weighted by Gasteiger charge is -2.42. The van der Waals surface area contributed by atoms with Gasteiger partial charge in [0, 0.05) is 6.54 Å². The maximum atomic E-state index is 10.7. The number of aliphatic hydroxyl groups is 2. The zero-order valence-corrected chi connectivity index (χ0v) is 16.5. The number of β-amino-alcohol motifs (C(OH)–C–C–N with tert-alkyl or cyclic N) is 1. The molecule has 0 spiro atoms. The van der Waals surface area contributed by atoms with Gasteiger partial charge in [-0.1, -0.05) is 0 Å². The summed E-state index contributed by atoms with van der Waals surface area (Å²) in [4.78, 5) is 33.6. The van der Waals surface area contributed by atoms with Crippen molar-refractivity contribution in [2.75, 3.05) is 59.8 Å². The molecule has 0 fully saturated rings. The number of aliphatic hydroxyl groups excluding tert-OH is 2. The van der Waals surface area contributed by atoms with E-state index in [1.54, 1.807) is 11.9 Å². The molecule has 170 valence electrons. The number of aliphatic carboxylic acids is 3. The zero-order chi connectivity index (χ0) is 22.3. The van der Waals surface area contributed by atoms with Gasteiger partial charge in [-0.15, -0.1) is 0 Å². The van der Waals surface area contributed by atoms with Crippen LogP contribution in [-0.2, 0) is 28.6 Å². The number of carboxylic acids is 3. The minimum atomic E-state index is -1.09. The molecule has 0 heterocycles. The van der Waals surface area contributed by atoms with E-state index < -0.39 is 36.2 Å². The van der Waals surface area contributed by atoms with Gasteiger partial charge in [0.15, 0.2) is 0 Å². The van der Waals surface area contributed by atoms with Crippen LogP contribution in [0.2, 0.25) is 0 Å². The number of nitrogens with zero attached hydrogens (tertiary/aromatic N) is 1. The molecule has 0 aromatic carbocycles. The second kappa shape index (κ2) is 15.1. The molecule has 1 unspecified atom stereocenters. The maximum absolute atomic E-state index is 10.7. The molecule has 12 heteroatoms. The van der Waals surface area contributed by atoms with E-state index in [4.69, 9.17) is 34.6 Å². The van der Waals surface area contributed by atoms with Gasteiger partial charge in [0.05, 0.1) is 77.2 Å². The summed E-state index contributed by atoms with van der Waals surface area (Å²) in [6, 6.07) is 0. The Hall–Kier alpha value is -1.83. The van der Waals surface area contributed by atoms with Gasteiger partial charge in [-0.05, 0) is 7.05 Å². The van der Waals surface area contributed by atoms with Crippen LogP contribution in [0.25, 0.3) is 0 Å². The van der Waals surface area contributed by atoms with Crippen LogP contribution < -0.4 is 0 Å². The number of hydrogen-bond donors (Lipinski definition) is 5. The first-order chi connectivity index (χ1) is 13.6. The summed E-state index contributed by atoms with van der Waals surface area (Å²) in [5.74, 6) is -3.14. The highest BCUT2D eigenvalue weighted by molar-refractivity contribution is 5.67. The second-order valence-electron chi connectivity index (χ2n) is 6.53. The van der Waals surface area contributed by atoms with Crippen molar-refractivity contribution in [3.8, 4) is 0 Å². The molecule has 0 aliphatic carbocycles. The van der Waals surface area contributed by atoms with Crippen molar-refractivity contribution >= 4 is 17.9 Å². The molecule has 29 heavy (non-hydrogen) atoms.